The molecule has 0 unspecified atom stereocenters. The third-order valence-electron chi connectivity index (χ3n) is 3.53. The number of amides is 2. The average Bonchev–Trinajstić information content (AvgIpc) is 2.61. The molecule has 1 aromatic carbocycles. The predicted molar refractivity (Wildman–Crippen MR) is 94.9 cm³/mol. The molecule has 0 aliphatic heterocycles. The smallest absolute Gasteiger partial charge is 0.286 e. The van der Waals surface area contributed by atoms with Gasteiger partial charge in [-0.3, -0.25) is 29.1 Å². The molecule has 2 rings (SSSR count). The average molecular weight is 356 g/mol. The van der Waals surface area contributed by atoms with Crippen LogP contribution in [0.4, 0.5) is 11.4 Å². The highest BCUT2D eigenvalue weighted by atomic mass is 16.6. The lowest BCUT2D eigenvalue weighted by Crippen LogP contribution is -2.38. The third-order valence-corrected chi connectivity index (χ3v) is 3.53. The number of anilines is 1. The molecule has 0 fully saturated rings. The molecule has 26 heavy (non-hydrogen) atoms. The fraction of sp³-hybridized carbons (Fsp3) is 0.118. The minimum absolute atomic E-state index is 0.176. The number of benzene rings is 1. The van der Waals surface area contributed by atoms with Gasteiger partial charge in [0.2, 0.25) is 5.91 Å². The van der Waals surface area contributed by atoms with Crippen molar-refractivity contribution < 1.29 is 14.5 Å². The Hall–Kier alpha value is -3.75. The van der Waals surface area contributed by atoms with E-state index >= 15 is 0 Å². The first-order valence-corrected chi connectivity index (χ1v) is 7.50. The zero-order chi connectivity index (χ0) is 19.3. The number of primary amides is 1. The number of hydrogen-bond acceptors (Lipinski definition) is 5. The topological polar surface area (TPSA) is 129 Å². The number of nitrogens with zero attached hydrogens (tertiary/aromatic N) is 3. The largest absolute Gasteiger partial charge is 0.365 e. The number of para-hydroxylation sites is 1. The van der Waals surface area contributed by atoms with E-state index in [1.807, 2.05) is 0 Å². The Labute approximate surface area is 148 Å². The lowest BCUT2D eigenvalue weighted by atomic mass is 10.2. The molecule has 9 heteroatoms. The van der Waals surface area contributed by atoms with Crippen LogP contribution < -0.4 is 16.2 Å². The van der Waals surface area contributed by atoms with Gasteiger partial charge in [-0.2, -0.15) is 0 Å². The normalized spacial score (nSPS) is 10.2. The quantitative estimate of drug-likeness (QED) is 0.451. The van der Waals surface area contributed by atoms with Gasteiger partial charge in [-0.15, -0.1) is 6.58 Å². The van der Waals surface area contributed by atoms with Gasteiger partial charge >= 0.3 is 0 Å². The summed E-state index contributed by atoms with van der Waals surface area (Å²) in [6.07, 6.45) is 2.42. The molecule has 9 nitrogen and oxygen atoms in total. The minimum Gasteiger partial charge on any atom is -0.365 e. The Kier molecular flexibility index (Phi) is 5.63. The van der Waals surface area contributed by atoms with Gasteiger partial charge in [0.1, 0.15) is 12.1 Å². The summed E-state index contributed by atoms with van der Waals surface area (Å²) in [6, 6.07) is 9.46. The lowest BCUT2D eigenvalue weighted by molar-refractivity contribution is -0.385. The summed E-state index contributed by atoms with van der Waals surface area (Å²) in [5.41, 5.74) is 3.73. The molecule has 0 spiro atoms. The summed E-state index contributed by atoms with van der Waals surface area (Å²) in [4.78, 5) is 47.9. The minimum atomic E-state index is -1.11. The van der Waals surface area contributed by atoms with Crippen LogP contribution in [0.15, 0.2) is 60.0 Å². The monoisotopic (exact) mass is 356 g/mol. The van der Waals surface area contributed by atoms with E-state index in [1.165, 1.54) is 11.0 Å². The maximum Gasteiger partial charge on any atom is 0.286 e. The molecule has 0 atom stereocenters. The second-order valence-electron chi connectivity index (χ2n) is 5.29. The molecule has 2 N–H and O–H groups in total. The van der Waals surface area contributed by atoms with Crippen molar-refractivity contribution >= 4 is 23.2 Å². The summed E-state index contributed by atoms with van der Waals surface area (Å²) in [5.74, 6) is -1.61. The van der Waals surface area contributed by atoms with Crippen LogP contribution in [0.1, 0.15) is 10.4 Å². The first-order valence-electron chi connectivity index (χ1n) is 7.50. The molecule has 2 amide bonds. The molecule has 134 valence electrons. The molecule has 0 radical (unpaired) electrons. The van der Waals surface area contributed by atoms with E-state index in [0.29, 0.717) is 5.69 Å². The van der Waals surface area contributed by atoms with Gasteiger partial charge in [0.05, 0.1) is 11.1 Å². The number of nitro groups is 1. The Morgan fingerprint density at radius 3 is 2.50 bits per heavy atom. The fourth-order valence-corrected chi connectivity index (χ4v) is 2.33. The van der Waals surface area contributed by atoms with Gasteiger partial charge in [-0.25, -0.2) is 0 Å². The van der Waals surface area contributed by atoms with Gasteiger partial charge in [0.25, 0.3) is 17.2 Å². The molecule has 0 saturated carbocycles. The van der Waals surface area contributed by atoms with Crippen molar-refractivity contribution in [3.63, 3.8) is 0 Å². The third kappa shape index (κ3) is 4.01. The van der Waals surface area contributed by atoms with Gasteiger partial charge in [0, 0.05) is 18.3 Å². The van der Waals surface area contributed by atoms with Crippen LogP contribution in [-0.4, -0.2) is 27.8 Å². The number of rotatable bonds is 7. The first-order chi connectivity index (χ1) is 12.3. The summed E-state index contributed by atoms with van der Waals surface area (Å²) in [5, 5.41) is 11.0. The van der Waals surface area contributed by atoms with Gasteiger partial charge in [0.15, 0.2) is 0 Å². The van der Waals surface area contributed by atoms with Gasteiger partial charge in [-0.1, -0.05) is 24.3 Å². The summed E-state index contributed by atoms with van der Waals surface area (Å²) in [6.45, 7) is 3.27. The highest BCUT2D eigenvalue weighted by molar-refractivity contribution is 5.94. The molecular formula is C17H16N4O5. The number of carbonyl (C=O) groups excluding carboxylic acids is 2. The molecule has 2 aromatic rings. The summed E-state index contributed by atoms with van der Waals surface area (Å²) in [7, 11) is 0. The van der Waals surface area contributed by atoms with Crippen LogP contribution in [0.3, 0.4) is 0 Å². The Morgan fingerprint density at radius 1 is 1.31 bits per heavy atom. The van der Waals surface area contributed by atoms with Crippen LogP contribution in [-0.2, 0) is 11.3 Å². The van der Waals surface area contributed by atoms with Crippen LogP contribution in [0.25, 0.3) is 0 Å². The number of pyridine rings is 1. The zero-order valence-electron chi connectivity index (χ0n) is 13.7. The maximum absolute atomic E-state index is 12.6. The van der Waals surface area contributed by atoms with Gasteiger partial charge in [-0.05, 0) is 12.1 Å². The maximum atomic E-state index is 12.6. The van der Waals surface area contributed by atoms with Crippen molar-refractivity contribution in [2.75, 3.05) is 11.4 Å². The van der Waals surface area contributed by atoms with Crippen molar-refractivity contribution in [2.24, 2.45) is 5.73 Å². The van der Waals surface area contributed by atoms with E-state index in [9.17, 15) is 24.5 Å². The highest BCUT2D eigenvalue weighted by Crippen LogP contribution is 2.15. The van der Waals surface area contributed by atoms with Crippen LogP contribution >= 0.6 is 0 Å². The predicted octanol–water partition coefficient (Wildman–Crippen LogP) is 1.07. The van der Waals surface area contributed by atoms with Crippen molar-refractivity contribution in [1.82, 2.24) is 4.57 Å². The fourth-order valence-electron chi connectivity index (χ4n) is 2.33. The standard InChI is InChI=1S/C17H16N4O5/c1-2-8-20(12-6-4-3-5-7-12)15(22)11-19-10-13(21(25)26)9-14(16(18)23)17(19)24/h2-7,9-10H,1,8,11H2,(H2,18,23). The Morgan fingerprint density at radius 2 is 1.96 bits per heavy atom. The second kappa shape index (κ2) is 7.88. The Bertz CT molecular complexity index is 920. The van der Waals surface area contributed by atoms with Crippen LogP contribution in [0.5, 0.6) is 0 Å². The lowest BCUT2D eigenvalue weighted by Gasteiger charge is -2.21. The molecule has 1 aromatic heterocycles. The number of hydrogen-bond donors (Lipinski definition) is 1. The van der Waals surface area contributed by atoms with Crippen LogP contribution in [0, 0.1) is 10.1 Å². The van der Waals surface area contributed by atoms with Crippen molar-refractivity contribution in [3.05, 3.63) is 81.3 Å². The molecule has 0 saturated heterocycles. The Balaban J connectivity index is 2.44. The summed E-state index contributed by atoms with van der Waals surface area (Å²) >= 11 is 0. The van der Waals surface area contributed by atoms with E-state index in [0.717, 1.165) is 16.8 Å². The van der Waals surface area contributed by atoms with Crippen molar-refractivity contribution in [3.8, 4) is 0 Å². The first kappa shape index (κ1) is 18.6. The van der Waals surface area contributed by atoms with Crippen LogP contribution in [0.2, 0.25) is 0 Å². The van der Waals surface area contributed by atoms with Gasteiger partial charge < -0.3 is 10.6 Å². The number of carbonyl (C=O) groups is 2. The zero-order valence-corrected chi connectivity index (χ0v) is 13.7. The summed E-state index contributed by atoms with van der Waals surface area (Å²) < 4.78 is 0.805. The number of aromatic nitrogens is 1. The second-order valence-corrected chi connectivity index (χ2v) is 5.29. The molecule has 0 bridgehead atoms. The van der Waals surface area contributed by atoms with Crippen molar-refractivity contribution in [2.45, 2.75) is 6.54 Å². The molecule has 0 aliphatic carbocycles. The van der Waals surface area contributed by atoms with Crippen molar-refractivity contribution in [1.29, 1.82) is 0 Å². The van der Waals surface area contributed by atoms with E-state index in [2.05, 4.69) is 6.58 Å². The molecule has 1 heterocycles. The van der Waals surface area contributed by atoms with E-state index < -0.39 is 40.1 Å². The van der Waals surface area contributed by atoms with E-state index in [-0.39, 0.29) is 6.54 Å². The number of nitrogens with two attached hydrogens (primary N) is 1. The highest BCUT2D eigenvalue weighted by Gasteiger charge is 2.21. The van der Waals surface area contributed by atoms with E-state index in [4.69, 9.17) is 5.73 Å². The molecule has 0 aliphatic rings. The SMILES string of the molecule is C=CCN(C(=O)Cn1cc([N+](=O)[O-])cc(C(N)=O)c1=O)c1ccccc1. The van der Waals surface area contributed by atoms with E-state index in [1.54, 1.807) is 30.3 Å². The molecular weight excluding hydrogens is 340 g/mol.